The van der Waals surface area contributed by atoms with E-state index in [1.807, 2.05) is 24.3 Å². The van der Waals surface area contributed by atoms with Crippen molar-refractivity contribution in [1.82, 2.24) is 0 Å². The maximum Gasteiger partial charge on any atom is 0.123 e. The van der Waals surface area contributed by atoms with Crippen LogP contribution in [0.2, 0.25) is 0 Å². The van der Waals surface area contributed by atoms with Gasteiger partial charge in [0.2, 0.25) is 0 Å². The highest BCUT2D eigenvalue weighted by molar-refractivity contribution is 5.29. The second kappa shape index (κ2) is 7.93. The minimum Gasteiger partial charge on any atom is -0.469 e. The first-order valence-electron chi connectivity index (χ1n) is 8.38. The van der Waals surface area contributed by atoms with Gasteiger partial charge < -0.3 is 9.73 Å². The zero-order valence-corrected chi connectivity index (χ0v) is 13.9. The van der Waals surface area contributed by atoms with E-state index in [1.165, 1.54) is 23.3 Å². The third-order valence-corrected chi connectivity index (χ3v) is 4.32. The Morgan fingerprint density at radius 3 is 2.42 bits per heavy atom. The summed E-state index contributed by atoms with van der Waals surface area (Å²) in [7, 11) is 0. The van der Waals surface area contributed by atoms with Crippen molar-refractivity contribution in [1.29, 1.82) is 0 Å². The lowest BCUT2D eigenvalue weighted by atomic mass is 9.92. The SMILES string of the molecule is Cc1ccc(C(CC[NH2+]Cc2ccc(F)cc2)c2ccco2)cc1. The lowest BCUT2D eigenvalue weighted by Gasteiger charge is -2.15. The molecule has 1 aromatic heterocycles. The first-order chi connectivity index (χ1) is 11.7. The van der Waals surface area contributed by atoms with E-state index in [9.17, 15) is 4.39 Å². The van der Waals surface area contributed by atoms with Crippen molar-refractivity contribution < 1.29 is 14.1 Å². The second-order valence-corrected chi connectivity index (χ2v) is 6.18. The third-order valence-electron chi connectivity index (χ3n) is 4.32. The Bertz CT molecular complexity index is 733. The van der Waals surface area contributed by atoms with Crippen molar-refractivity contribution in [2.24, 2.45) is 0 Å². The van der Waals surface area contributed by atoms with Gasteiger partial charge in [-0.1, -0.05) is 42.0 Å². The summed E-state index contributed by atoms with van der Waals surface area (Å²) < 4.78 is 18.6. The molecule has 24 heavy (non-hydrogen) atoms. The molecule has 3 heteroatoms. The Morgan fingerprint density at radius 1 is 1.00 bits per heavy atom. The molecule has 2 N–H and O–H groups in total. The molecule has 0 saturated carbocycles. The van der Waals surface area contributed by atoms with Gasteiger partial charge in [-0.3, -0.25) is 0 Å². The molecule has 0 aliphatic rings. The lowest BCUT2D eigenvalue weighted by molar-refractivity contribution is -0.671. The topological polar surface area (TPSA) is 29.8 Å². The van der Waals surface area contributed by atoms with Gasteiger partial charge in [-0.15, -0.1) is 0 Å². The van der Waals surface area contributed by atoms with E-state index < -0.39 is 0 Å². The number of hydrogen-bond acceptors (Lipinski definition) is 1. The van der Waals surface area contributed by atoms with Crippen LogP contribution in [0.5, 0.6) is 0 Å². The average Bonchev–Trinajstić information content (AvgIpc) is 3.12. The molecule has 0 bridgehead atoms. The van der Waals surface area contributed by atoms with Crippen LogP contribution >= 0.6 is 0 Å². The highest BCUT2D eigenvalue weighted by Crippen LogP contribution is 2.27. The van der Waals surface area contributed by atoms with E-state index in [4.69, 9.17) is 4.42 Å². The van der Waals surface area contributed by atoms with Gasteiger partial charge in [0.05, 0.1) is 12.8 Å². The minimum atomic E-state index is -0.184. The Labute approximate surface area is 142 Å². The smallest absolute Gasteiger partial charge is 0.123 e. The number of furan rings is 1. The van der Waals surface area contributed by atoms with Crippen LogP contribution in [0.4, 0.5) is 4.39 Å². The fourth-order valence-corrected chi connectivity index (χ4v) is 2.94. The summed E-state index contributed by atoms with van der Waals surface area (Å²) in [6.45, 7) is 3.94. The van der Waals surface area contributed by atoms with E-state index >= 15 is 0 Å². The van der Waals surface area contributed by atoms with Crippen LogP contribution in [0.3, 0.4) is 0 Å². The van der Waals surface area contributed by atoms with E-state index in [0.717, 1.165) is 30.8 Å². The third kappa shape index (κ3) is 4.33. The van der Waals surface area contributed by atoms with Crippen LogP contribution in [0, 0.1) is 12.7 Å². The van der Waals surface area contributed by atoms with Crippen LogP contribution in [-0.2, 0) is 6.54 Å². The van der Waals surface area contributed by atoms with E-state index in [-0.39, 0.29) is 11.7 Å². The lowest BCUT2D eigenvalue weighted by Crippen LogP contribution is -2.82. The van der Waals surface area contributed by atoms with Gasteiger partial charge in [-0.25, -0.2) is 4.39 Å². The molecule has 0 spiro atoms. The predicted octanol–water partition coefficient (Wildman–Crippen LogP) is 4.01. The molecule has 1 heterocycles. The molecule has 3 aromatic rings. The molecule has 0 aliphatic carbocycles. The molecule has 0 amide bonds. The van der Waals surface area contributed by atoms with Gasteiger partial charge in [0, 0.05) is 17.9 Å². The van der Waals surface area contributed by atoms with E-state index in [2.05, 4.69) is 36.5 Å². The van der Waals surface area contributed by atoms with Crippen LogP contribution in [0.15, 0.2) is 71.3 Å². The summed E-state index contributed by atoms with van der Waals surface area (Å²) in [6, 6.07) is 19.4. The van der Waals surface area contributed by atoms with Crippen molar-refractivity contribution in [3.8, 4) is 0 Å². The van der Waals surface area contributed by atoms with Gasteiger partial charge >= 0.3 is 0 Å². The minimum absolute atomic E-state index is 0.184. The predicted molar refractivity (Wildman–Crippen MR) is 93.2 cm³/mol. The molecule has 0 fully saturated rings. The van der Waals surface area contributed by atoms with Crippen LogP contribution in [0.25, 0.3) is 0 Å². The van der Waals surface area contributed by atoms with Gasteiger partial charge in [-0.05, 0) is 36.8 Å². The number of quaternary nitrogens is 1. The Balaban J connectivity index is 1.60. The maximum absolute atomic E-state index is 12.9. The van der Waals surface area contributed by atoms with Crippen molar-refractivity contribution in [3.05, 3.63) is 95.2 Å². The number of nitrogens with two attached hydrogens (primary N) is 1. The quantitative estimate of drug-likeness (QED) is 0.654. The fraction of sp³-hybridized carbons (Fsp3) is 0.238. The van der Waals surface area contributed by atoms with Crippen LogP contribution in [-0.4, -0.2) is 6.54 Å². The number of benzene rings is 2. The van der Waals surface area contributed by atoms with Crippen molar-refractivity contribution in [2.75, 3.05) is 6.54 Å². The molecule has 1 unspecified atom stereocenters. The zero-order chi connectivity index (χ0) is 16.8. The largest absolute Gasteiger partial charge is 0.469 e. The molecular weight excluding hydrogens is 301 g/mol. The zero-order valence-electron chi connectivity index (χ0n) is 13.9. The monoisotopic (exact) mass is 324 g/mol. The first-order valence-corrected chi connectivity index (χ1v) is 8.38. The van der Waals surface area contributed by atoms with Gasteiger partial charge in [-0.2, -0.15) is 0 Å². The van der Waals surface area contributed by atoms with E-state index in [1.54, 1.807) is 6.26 Å². The average molecular weight is 324 g/mol. The Hall–Kier alpha value is -2.39. The molecule has 0 saturated heterocycles. The molecule has 124 valence electrons. The number of rotatable bonds is 7. The summed E-state index contributed by atoms with van der Waals surface area (Å²) in [4.78, 5) is 0. The summed E-state index contributed by atoms with van der Waals surface area (Å²) in [6.07, 6.45) is 2.73. The van der Waals surface area contributed by atoms with Crippen molar-refractivity contribution >= 4 is 0 Å². The van der Waals surface area contributed by atoms with Gasteiger partial charge in [0.15, 0.2) is 0 Å². The fourth-order valence-electron chi connectivity index (χ4n) is 2.94. The van der Waals surface area contributed by atoms with Crippen molar-refractivity contribution in [3.63, 3.8) is 0 Å². The summed E-state index contributed by atoms with van der Waals surface area (Å²) in [5, 5.41) is 2.26. The molecule has 2 aromatic carbocycles. The van der Waals surface area contributed by atoms with Gasteiger partial charge in [0.1, 0.15) is 18.1 Å². The molecular formula is C21H23FNO+. The van der Waals surface area contributed by atoms with Crippen LogP contribution < -0.4 is 5.32 Å². The van der Waals surface area contributed by atoms with Gasteiger partial charge in [0.25, 0.3) is 0 Å². The first kappa shape index (κ1) is 16.5. The highest BCUT2D eigenvalue weighted by Gasteiger charge is 2.17. The number of halogens is 1. The second-order valence-electron chi connectivity index (χ2n) is 6.18. The van der Waals surface area contributed by atoms with E-state index in [0.29, 0.717) is 0 Å². The summed E-state index contributed by atoms with van der Waals surface area (Å²) in [5.41, 5.74) is 3.69. The molecule has 1 atom stereocenters. The van der Waals surface area contributed by atoms with Crippen LogP contribution in [0.1, 0.15) is 34.8 Å². The highest BCUT2D eigenvalue weighted by atomic mass is 19.1. The Kier molecular flexibility index (Phi) is 5.44. The maximum atomic E-state index is 12.9. The summed E-state index contributed by atoms with van der Waals surface area (Å²) >= 11 is 0. The number of hydrogen-bond donors (Lipinski definition) is 1. The number of aryl methyl sites for hydroxylation is 1. The van der Waals surface area contributed by atoms with Crippen molar-refractivity contribution in [2.45, 2.75) is 25.8 Å². The molecule has 0 aliphatic heterocycles. The standard InChI is InChI=1S/C21H22FNO/c1-16-4-8-18(9-5-16)20(21-3-2-14-24-21)12-13-23-15-17-6-10-19(22)11-7-17/h2-11,14,20,23H,12-13,15H2,1H3/p+1. The molecule has 0 radical (unpaired) electrons. The normalized spacial score (nSPS) is 12.2. The summed E-state index contributed by atoms with van der Waals surface area (Å²) in [5.74, 6) is 1.09. The molecule has 2 nitrogen and oxygen atoms in total. The Morgan fingerprint density at radius 2 is 1.75 bits per heavy atom. The molecule has 3 rings (SSSR count).